The van der Waals surface area contributed by atoms with E-state index < -0.39 is 0 Å². The average molecular weight is 355 g/mol. The fraction of sp³-hybridized carbons (Fsp3) is 0.474. The van der Waals surface area contributed by atoms with Gasteiger partial charge in [-0.3, -0.25) is 24.1 Å². The molecule has 0 aromatic heterocycles. The molecule has 136 valence electrons. The van der Waals surface area contributed by atoms with Gasteiger partial charge in [0, 0.05) is 45.1 Å². The van der Waals surface area contributed by atoms with Crippen LogP contribution in [-0.4, -0.2) is 71.1 Å². The molecule has 2 aliphatic heterocycles. The second-order valence-corrected chi connectivity index (χ2v) is 7.04. The third-order valence-corrected chi connectivity index (χ3v) is 5.30. The van der Waals surface area contributed by atoms with Gasteiger partial charge in [0.1, 0.15) is 0 Å². The Hall–Kier alpha value is -2.70. The normalized spacial score (nSPS) is 19.8. The quantitative estimate of drug-likeness (QED) is 0.747. The Kier molecular flexibility index (Phi) is 4.22. The van der Waals surface area contributed by atoms with E-state index in [1.165, 1.54) is 0 Å². The fourth-order valence-corrected chi connectivity index (χ4v) is 3.57. The molecule has 4 amide bonds. The van der Waals surface area contributed by atoms with Gasteiger partial charge in [-0.25, -0.2) is 0 Å². The number of rotatable bonds is 4. The van der Waals surface area contributed by atoms with Crippen molar-refractivity contribution in [3.63, 3.8) is 0 Å². The first-order chi connectivity index (χ1) is 12.6. The number of carbonyl (C=O) groups is 4. The highest BCUT2D eigenvalue weighted by Gasteiger charge is 2.37. The Morgan fingerprint density at radius 1 is 0.885 bits per heavy atom. The predicted molar refractivity (Wildman–Crippen MR) is 92.3 cm³/mol. The maximum absolute atomic E-state index is 12.4. The largest absolute Gasteiger partial charge is 0.339 e. The number of amides is 4. The second kappa shape index (κ2) is 6.55. The van der Waals surface area contributed by atoms with Crippen LogP contribution in [0.4, 0.5) is 0 Å². The van der Waals surface area contributed by atoms with Crippen LogP contribution in [-0.2, 0) is 9.59 Å². The molecule has 1 saturated heterocycles. The number of hydrogen-bond donors (Lipinski definition) is 0. The number of nitrogens with zero attached hydrogens (tertiary/aromatic N) is 3. The minimum absolute atomic E-state index is 0.0833. The summed E-state index contributed by atoms with van der Waals surface area (Å²) in [6.45, 7) is 2.24. The highest BCUT2D eigenvalue weighted by Crippen LogP contribution is 2.31. The summed E-state index contributed by atoms with van der Waals surface area (Å²) < 4.78 is 0. The van der Waals surface area contributed by atoms with E-state index in [9.17, 15) is 19.2 Å². The lowest BCUT2D eigenvalue weighted by Gasteiger charge is -2.35. The smallest absolute Gasteiger partial charge is 0.261 e. The van der Waals surface area contributed by atoms with Crippen molar-refractivity contribution in [2.45, 2.75) is 19.3 Å². The van der Waals surface area contributed by atoms with Crippen molar-refractivity contribution in [1.82, 2.24) is 14.7 Å². The maximum Gasteiger partial charge on any atom is 0.261 e. The van der Waals surface area contributed by atoms with Crippen LogP contribution in [0.25, 0.3) is 0 Å². The van der Waals surface area contributed by atoms with Gasteiger partial charge in [-0.2, -0.15) is 0 Å². The molecule has 0 unspecified atom stereocenters. The van der Waals surface area contributed by atoms with Crippen LogP contribution in [0.15, 0.2) is 24.3 Å². The first kappa shape index (κ1) is 16.8. The number of carbonyl (C=O) groups excluding carboxylic acids is 4. The molecule has 0 atom stereocenters. The van der Waals surface area contributed by atoms with Gasteiger partial charge in [-0.05, 0) is 25.0 Å². The Balaban J connectivity index is 1.29. The van der Waals surface area contributed by atoms with Gasteiger partial charge in [0.05, 0.1) is 11.1 Å². The molecule has 0 bridgehead atoms. The molecule has 0 N–H and O–H groups in total. The Morgan fingerprint density at radius 3 is 1.96 bits per heavy atom. The van der Waals surface area contributed by atoms with Crippen molar-refractivity contribution < 1.29 is 19.2 Å². The van der Waals surface area contributed by atoms with Crippen molar-refractivity contribution >= 4 is 23.6 Å². The van der Waals surface area contributed by atoms with Gasteiger partial charge in [0.2, 0.25) is 11.8 Å². The van der Waals surface area contributed by atoms with Crippen LogP contribution in [0.1, 0.15) is 40.0 Å². The van der Waals surface area contributed by atoms with E-state index in [4.69, 9.17) is 0 Å². The number of fused-ring (bicyclic) bond motifs is 1. The van der Waals surface area contributed by atoms with Crippen LogP contribution >= 0.6 is 0 Å². The summed E-state index contributed by atoms with van der Waals surface area (Å²) >= 11 is 0. The average Bonchev–Trinajstić information content (AvgIpc) is 3.49. The standard InChI is InChI=1S/C19H21N3O4/c23-16(20-9-11-21(12-10-20)17(24)13-5-6-13)7-8-22-18(25)14-3-1-2-4-15(14)19(22)26/h1-4,13H,5-12H2. The fourth-order valence-electron chi connectivity index (χ4n) is 3.57. The van der Waals surface area contributed by atoms with Crippen LogP contribution < -0.4 is 0 Å². The summed E-state index contributed by atoms with van der Waals surface area (Å²) in [5.74, 6) is -0.342. The van der Waals surface area contributed by atoms with E-state index >= 15 is 0 Å². The van der Waals surface area contributed by atoms with Crippen molar-refractivity contribution in [2.75, 3.05) is 32.7 Å². The van der Waals surface area contributed by atoms with E-state index in [1.54, 1.807) is 29.2 Å². The lowest BCUT2D eigenvalue weighted by Crippen LogP contribution is -2.51. The molecule has 7 nitrogen and oxygen atoms in total. The summed E-state index contributed by atoms with van der Waals surface area (Å²) in [7, 11) is 0. The van der Waals surface area contributed by atoms with E-state index in [0.29, 0.717) is 37.3 Å². The Labute approximate surface area is 151 Å². The molecule has 2 fully saturated rings. The summed E-state index contributed by atoms with van der Waals surface area (Å²) in [6, 6.07) is 6.71. The van der Waals surface area contributed by atoms with Gasteiger partial charge in [0.25, 0.3) is 11.8 Å². The molecule has 1 saturated carbocycles. The van der Waals surface area contributed by atoms with E-state index in [2.05, 4.69) is 0 Å². The number of piperazine rings is 1. The summed E-state index contributed by atoms with van der Waals surface area (Å²) in [5, 5.41) is 0. The van der Waals surface area contributed by atoms with Crippen molar-refractivity contribution in [2.24, 2.45) is 5.92 Å². The molecule has 1 aromatic rings. The van der Waals surface area contributed by atoms with Gasteiger partial charge in [-0.15, -0.1) is 0 Å². The Bertz CT molecular complexity index is 744. The van der Waals surface area contributed by atoms with Gasteiger partial charge in [-0.1, -0.05) is 12.1 Å². The van der Waals surface area contributed by atoms with Gasteiger partial charge < -0.3 is 9.80 Å². The summed E-state index contributed by atoms with van der Waals surface area (Å²) in [5.41, 5.74) is 0.800. The van der Waals surface area contributed by atoms with Crippen molar-refractivity contribution in [3.05, 3.63) is 35.4 Å². The zero-order chi connectivity index (χ0) is 18.3. The third-order valence-electron chi connectivity index (χ3n) is 5.30. The summed E-state index contributed by atoms with van der Waals surface area (Å²) in [4.78, 5) is 53.8. The molecular formula is C19H21N3O4. The van der Waals surface area contributed by atoms with Gasteiger partial charge in [0.15, 0.2) is 0 Å². The lowest BCUT2D eigenvalue weighted by atomic mass is 10.1. The number of hydrogen-bond acceptors (Lipinski definition) is 4. The minimum Gasteiger partial charge on any atom is -0.339 e. The Morgan fingerprint density at radius 2 is 1.42 bits per heavy atom. The predicted octanol–water partition coefficient (Wildman–Crippen LogP) is 0.754. The maximum atomic E-state index is 12.4. The number of benzene rings is 1. The van der Waals surface area contributed by atoms with E-state index in [-0.39, 0.29) is 42.5 Å². The topological polar surface area (TPSA) is 78.0 Å². The van der Waals surface area contributed by atoms with Crippen LogP contribution in [0.2, 0.25) is 0 Å². The molecular weight excluding hydrogens is 334 g/mol. The second-order valence-electron chi connectivity index (χ2n) is 7.04. The molecule has 3 aliphatic rings. The van der Waals surface area contributed by atoms with E-state index in [1.807, 2.05) is 4.90 Å². The molecule has 1 aromatic carbocycles. The molecule has 0 spiro atoms. The molecule has 2 heterocycles. The SMILES string of the molecule is O=C(CCN1C(=O)c2ccccc2C1=O)N1CCN(C(=O)C2CC2)CC1. The lowest BCUT2D eigenvalue weighted by molar-refractivity contribution is -0.140. The summed E-state index contributed by atoms with van der Waals surface area (Å²) in [6.07, 6.45) is 2.08. The molecule has 26 heavy (non-hydrogen) atoms. The first-order valence-corrected chi connectivity index (χ1v) is 9.08. The molecule has 4 rings (SSSR count). The highest BCUT2D eigenvalue weighted by atomic mass is 16.2. The highest BCUT2D eigenvalue weighted by molar-refractivity contribution is 6.21. The van der Waals surface area contributed by atoms with Crippen LogP contribution in [0, 0.1) is 5.92 Å². The van der Waals surface area contributed by atoms with Crippen molar-refractivity contribution in [1.29, 1.82) is 0 Å². The van der Waals surface area contributed by atoms with Crippen molar-refractivity contribution in [3.8, 4) is 0 Å². The zero-order valence-corrected chi connectivity index (χ0v) is 14.5. The number of imide groups is 1. The van der Waals surface area contributed by atoms with E-state index in [0.717, 1.165) is 17.7 Å². The minimum atomic E-state index is -0.335. The molecule has 0 radical (unpaired) electrons. The zero-order valence-electron chi connectivity index (χ0n) is 14.5. The molecule has 1 aliphatic carbocycles. The first-order valence-electron chi connectivity index (χ1n) is 9.08. The monoisotopic (exact) mass is 355 g/mol. The van der Waals surface area contributed by atoms with Crippen LogP contribution in [0.5, 0.6) is 0 Å². The van der Waals surface area contributed by atoms with Gasteiger partial charge >= 0.3 is 0 Å². The molecule has 7 heteroatoms. The van der Waals surface area contributed by atoms with Crippen LogP contribution in [0.3, 0.4) is 0 Å². The third kappa shape index (κ3) is 2.98.